The third kappa shape index (κ3) is 5.42. The zero-order valence-electron chi connectivity index (χ0n) is 20.8. The summed E-state index contributed by atoms with van der Waals surface area (Å²) in [6, 6.07) is -0.295. The van der Waals surface area contributed by atoms with Gasteiger partial charge in [0.25, 0.3) is 0 Å². The third-order valence-electron chi connectivity index (χ3n) is 7.20. The van der Waals surface area contributed by atoms with Crippen LogP contribution in [0.5, 0.6) is 0 Å². The van der Waals surface area contributed by atoms with Crippen molar-refractivity contribution in [2.75, 3.05) is 44.2 Å². The average Bonchev–Trinajstić information content (AvgIpc) is 2.66. The number of hydrogen-bond acceptors (Lipinski definition) is 5. The first-order valence-electron chi connectivity index (χ1n) is 12.2. The van der Waals surface area contributed by atoms with Crippen LogP contribution >= 0.6 is 0 Å². The highest BCUT2D eigenvalue weighted by Crippen LogP contribution is 2.52. The molecule has 1 N–H and O–H groups in total. The third-order valence-corrected chi connectivity index (χ3v) is 7.20. The molecule has 4 rings (SSSR count). The largest absolute Gasteiger partial charge is 0.419 e. The van der Waals surface area contributed by atoms with Crippen LogP contribution < -0.4 is 10.2 Å². The Morgan fingerprint density at radius 1 is 1.09 bits per heavy atom. The lowest BCUT2D eigenvalue weighted by Crippen LogP contribution is -2.65. The van der Waals surface area contributed by atoms with Crippen LogP contribution in [0.2, 0.25) is 0 Å². The van der Waals surface area contributed by atoms with Gasteiger partial charge in [-0.1, -0.05) is 20.8 Å². The number of halogens is 3. The Hall–Kier alpha value is -2.10. The first kappa shape index (κ1) is 25.0. The van der Waals surface area contributed by atoms with Gasteiger partial charge in [0, 0.05) is 63.7 Å². The van der Waals surface area contributed by atoms with E-state index in [1.807, 2.05) is 23.6 Å². The normalized spacial score (nSPS) is 25.8. The topological polar surface area (TPSA) is 64.6 Å². The number of nitrogens with zero attached hydrogens (tertiary/aromatic N) is 5. The van der Waals surface area contributed by atoms with E-state index in [1.165, 1.54) is 25.9 Å². The fourth-order valence-corrected chi connectivity index (χ4v) is 6.09. The summed E-state index contributed by atoms with van der Waals surface area (Å²) in [5, 5.41) is 3.13. The molecule has 0 unspecified atom stereocenters. The van der Waals surface area contributed by atoms with Crippen LogP contribution in [0, 0.1) is 16.7 Å². The standard InChI is InChI=1S/C24H37F3N6O/c1-16-11-32(20-28-9-19(10-29-20)24(25,26)27)12-17(2)33(16)21(34)30-8-18-6-23(7-18)14-31(15-23)13-22(3,4)5/h9-10,16-18H,6-8,11-15H2,1-5H3,(H,30,34)/t16-,17-/m1/s1. The van der Waals surface area contributed by atoms with Crippen molar-refractivity contribution in [1.82, 2.24) is 25.1 Å². The first-order valence-corrected chi connectivity index (χ1v) is 12.2. The number of likely N-dealkylation sites (tertiary alicyclic amines) is 1. The van der Waals surface area contributed by atoms with Crippen LogP contribution in [0.4, 0.5) is 23.9 Å². The number of urea groups is 1. The predicted octanol–water partition coefficient (Wildman–Crippen LogP) is 3.86. The van der Waals surface area contributed by atoms with Gasteiger partial charge in [0.2, 0.25) is 5.95 Å². The van der Waals surface area contributed by atoms with Gasteiger partial charge in [0.05, 0.1) is 5.56 Å². The molecule has 2 saturated heterocycles. The molecular weight excluding hydrogens is 445 g/mol. The average molecular weight is 483 g/mol. The molecule has 34 heavy (non-hydrogen) atoms. The maximum Gasteiger partial charge on any atom is 0.419 e. The molecule has 190 valence electrons. The Balaban J connectivity index is 1.22. The van der Waals surface area contributed by atoms with Gasteiger partial charge in [-0.2, -0.15) is 13.2 Å². The lowest BCUT2D eigenvalue weighted by Gasteiger charge is -2.60. The first-order chi connectivity index (χ1) is 15.7. The van der Waals surface area contributed by atoms with Crippen molar-refractivity contribution in [2.45, 2.75) is 65.7 Å². The highest BCUT2D eigenvalue weighted by Gasteiger charge is 2.52. The predicted molar refractivity (Wildman–Crippen MR) is 124 cm³/mol. The maximum absolute atomic E-state index is 12.9. The molecule has 2 amide bonds. The molecule has 1 spiro atoms. The highest BCUT2D eigenvalue weighted by molar-refractivity contribution is 5.75. The fourth-order valence-electron chi connectivity index (χ4n) is 6.09. The van der Waals surface area contributed by atoms with Gasteiger partial charge in [0.15, 0.2) is 0 Å². The van der Waals surface area contributed by atoms with E-state index < -0.39 is 11.7 Å². The molecule has 1 aliphatic carbocycles. The molecule has 0 radical (unpaired) electrons. The van der Waals surface area contributed by atoms with Gasteiger partial charge in [-0.15, -0.1) is 0 Å². The van der Waals surface area contributed by atoms with E-state index in [4.69, 9.17) is 0 Å². The Bertz CT molecular complexity index is 858. The highest BCUT2D eigenvalue weighted by atomic mass is 19.4. The Kier molecular flexibility index (Phi) is 6.50. The van der Waals surface area contributed by atoms with Crippen LogP contribution in [-0.2, 0) is 6.18 Å². The van der Waals surface area contributed by atoms with Crippen molar-refractivity contribution in [1.29, 1.82) is 0 Å². The number of carbonyl (C=O) groups excluding carboxylic acids is 1. The molecule has 0 aromatic carbocycles. The van der Waals surface area contributed by atoms with Crippen molar-refractivity contribution in [2.24, 2.45) is 16.7 Å². The number of carbonyl (C=O) groups is 1. The number of piperazine rings is 1. The molecule has 0 bridgehead atoms. The minimum Gasteiger partial charge on any atom is -0.338 e. The van der Waals surface area contributed by atoms with E-state index in [2.05, 4.69) is 41.0 Å². The smallest absolute Gasteiger partial charge is 0.338 e. The van der Waals surface area contributed by atoms with Crippen molar-refractivity contribution in [3.8, 4) is 0 Å². The summed E-state index contributed by atoms with van der Waals surface area (Å²) in [7, 11) is 0. The van der Waals surface area contributed by atoms with E-state index >= 15 is 0 Å². The minimum atomic E-state index is -4.46. The summed E-state index contributed by atoms with van der Waals surface area (Å²) < 4.78 is 38.3. The fraction of sp³-hybridized carbons (Fsp3) is 0.792. The Labute approximate surface area is 200 Å². The monoisotopic (exact) mass is 482 g/mol. The SMILES string of the molecule is C[C@@H]1CN(c2ncc(C(F)(F)F)cn2)C[C@@H](C)N1C(=O)NCC1CC2(C1)CN(CC(C)(C)C)C2. The van der Waals surface area contributed by atoms with Crippen LogP contribution in [0.25, 0.3) is 0 Å². The van der Waals surface area contributed by atoms with E-state index in [9.17, 15) is 18.0 Å². The van der Waals surface area contributed by atoms with E-state index in [0.717, 1.165) is 18.9 Å². The van der Waals surface area contributed by atoms with E-state index in [-0.39, 0.29) is 24.1 Å². The van der Waals surface area contributed by atoms with Crippen molar-refractivity contribution >= 4 is 12.0 Å². The lowest BCUT2D eigenvalue weighted by atomic mass is 9.57. The summed E-state index contributed by atoms with van der Waals surface area (Å²) in [5.41, 5.74) is -0.0690. The van der Waals surface area contributed by atoms with Crippen molar-refractivity contribution < 1.29 is 18.0 Å². The second-order valence-electron chi connectivity index (χ2n) is 11.9. The lowest BCUT2D eigenvalue weighted by molar-refractivity contribution is -0.138. The Morgan fingerprint density at radius 3 is 2.15 bits per heavy atom. The number of rotatable bonds is 4. The molecule has 2 aliphatic heterocycles. The van der Waals surface area contributed by atoms with Crippen LogP contribution in [0.15, 0.2) is 12.4 Å². The van der Waals surface area contributed by atoms with Gasteiger partial charge >= 0.3 is 12.2 Å². The molecule has 2 atom stereocenters. The van der Waals surface area contributed by atoms with Crippen molar-refractivity contribution in [3.05, 3.63) is 18.0 Å². The number of hydrogen-bond donors (Lipinski definition) is 1. The quantitative estimate of drug-likeness (QED) is 0.706. The molecular formula is C24H37F3N6O. The molecule has 1 aromatic rings. The number of anilines is 1. The van der Waals surface area contributed by atoms with Crippen LogP contribution in [0.1, 0.15) is 53.0 Å². The summed E-state index contributed by atoms with van der Waals surface area (Å²) in [6.45, 7) is 15.8. The second-order valence-corrected chi connectivity index (χ2v) is 11.9. The van der Waals surface area contributed by atoms with Gasteiger partial charge in [-0.3, -0.25) is 0 Å². The van der Waals surface area contributed by atoms with Gasteiger partial charge in [0.1, 0.15) is 0 Å². The summed E-state index contributed by atoms with van der Waals surface area (Å²) in [6.07, 6.45) is -0.476. The molecule has 3 aliphatic rings. The van der Waals surface area contributed by atoms with Crippen LogP contribution in [0.3, 0.4) is 0 Å². The zero-order valence-corrected chi connectivity index (χ0v) is 20.8. The molecule has 1 saturated carbocycles. The van der Waals surface area contributed by atoms with E-state index in [0.29, 0.717) is 36.4 Å². The molecule has 1 aromatic heterocycles. The van der Waals surface area contributed by atoms with Gasteiger partial charge < -0.3 is 20.0 Å². The molecule has 3 heterocycles. The van der Waals surface area contributed by atoms with E-state index in [1.54, 1.807) is 0 Å². The molecule has 10 heteroatoms. The number of amides is 2. The summed E-state index contributed by atoms with van der Waals surface area (Å²) >= 11 is 0. The number of alkyl halides is 3. The molecule has 7 nitrogen and oxygen atoms in total. The summed E-state index contributed by atoms with van der Waals surface area (Å²) in [4.78, 5) is 27.0. The van der Waals surface area contributed by atoms with Crippen LogP contribution in [-0.4, -0.2) is 77.2 Å². The number of aromatic nitrogens is 2. The number of nitrogens with one attached hydrogen (secondary N) is 1. The van der Waals surface area contributed by atoms with Gasteiger partial charge in [-0.25, -0.2) is 14.8 Å². The maximum atomic E-state index is 12.9. The van der Waals surface area contributed by atoms with Gasteiger partial charge in [-0.05, 0) is 43.4 Å². The summed E-state index contributed by atoms with van der Waals surface area (Å²) in [5.74, 6) is 0.792. The molecule has 3 fully saturated rings. The zero-order chi connectivity index (χ0) is 24.9. The minimum absolute atomic E-state index is 0.0723. The second kappa shape index (κ2) is 8.84. The van der Waals surface area contributed by atoms with Crippen molar-refractivity contribution in [3.63, 3.8) is 0 Å². The Morgan fingerprint density at radius 2 is 1.65 bits per heavy atom.